The number of hydrogen-bond acceptors (Lipinski definition) is 5. The smallest absolute Gasteiger partial charge is 0.140 e. The number of pyridine rings is 2. The molecule has 2 aliphatic rings. The molecule has 0 bridgehead atoms. The van der Waals surface area contributed by atoms with Gasteiger partial charge in [-0.3, -0.25) is 4.40 Å². The van der Waals surface area contributed by atoms with Gasteiger partial charge in [0.05, 0.1) is 41.9 Å². The zero-order valence-corrected chi connectivity index (χ0v) is 17.8. The van der Waals surface area contributed by atoms with E-state index in [0.29, 0.717) is 18.9 Å². The minimum atomic E-state index is -1.03. The van der Waals surface area contributed by atoms with E-state index in [9.17, 15) is 4.39 Å². The number of piperidine rings is 1. The normalized spacial score (nSPS) is 21.4. The standard InChI is InChI=1S/C25H26FN5O/c26-19-14-30(10-9-20(19)27)22-3-1-2-17-6-7-21(29-25(17)22)23-13-28-24-12-18(8-11-31(23)24)32-15-16-4-5-16/h1-3,6-8,11-13,16,19-20H,4-5,9-10,14-15,27H2/t19-,20+/m1/s1. The van der Waals surface area contributed by atoms with Crippen molar-refractivity contribution in [3.05, 3.63) is 54.9 Å². The Morgan fingerprint density at radius 3 is 2.88 bits per heavy atom. The summed E-state index contributed by atoms with van der Waals surface area (Å²) in [5.74, 6) is 1.56. The van der Waals surface area contributed by atoms with Crippen molar-refractivity contribution in [2.24, 2.45) is 11.7 Å². The Bertz CT molecular complexity index is 1280. The zero-order valence-electron chi connectivity index (χ0n) is 17.8. The minimum Gasteiger partial charge on any atom is -0.493 e. The maximum atomic E-state index is 14.3. The molecular formula is C25H26FN5O. The summed E-state index contributed by atoms with van der Waals surface area (Å²) in [5.41, 5.74) is 10.3. The lowest BCUT2D eigenvalue weighted by molar-refractivity contribution is 0.251. The van der Waals surface area contributed by atoms with Crippen LogP contribution < -0.4 is 15.4 Å². The second-order valence-electron chi connectivity index (χ2n) is 8.95. The van der Waals surface area contributed by atoms with Crippen LogP contribution in [-0.4, -0.2) is 46.3 Å². The molecule has 3 aromatic heterocycles. The molecule has 0 amide bonds. The van der Waals surface area contributed by atoms with Gasteiger partial charge in [0.15, 0.2) is 0 Å². The van der Waals surface area contributed by atoms with Gasteiger partial charge in [-0.15, -0.1) is 0 Å². The first-order chi connectivity index (χ1) is 15.7. The fourth-order valence-corrected chi connectivity index (χ4v) is 4.41. The number of hydrogen-bond donors (Lipinski definition) is 1. The zero-order chi connectivity index (χ0) is 21.7. The second kappa shape index (κ2) is 7.74. The molecule has 1 saturated carbocycles. The number of rotatable bonds is 5. The van der Waals surface area contributed by atoms with Crippen LogP contribution in [0.25, 0.3) is 27.9 Å². The summed E-state index contributed by atoms with van der Waals surface area (Å²) in [7, 11) is 0. The number of halogens is 1. The highest BCUT2D eigenvalue weighted by atomic mass is 19.1. The van der Waals surface area contributed by atoms with Gasteiger partial charge in [-0.2, -0.15) is 0 Å². The van der Waals surface area contributed by atoms with Crippen LogP contribution >= 0.6 is 0 Å². The molecule has 7 heteroatoms. The van der Waals surface area contributed by atoms with E-state index in [1.54, 1.807) is 0 Å². The molecule has 0 spiro atoms. The molecule has 164 valence electrons. The lowest BCUT2D eigenvalue weighted by Gasteiger charge is -2.34. The van der Waals surface area contributed by atoms with E-state index >= 15 is 0 Å². The number of aromatic nitrogens is 3. The first-order valence-electron chi connectivity index (χ1n) is 11.3. The Kier molecular flexibility index (Phi) is 4.72. The number of benzene rings is 1. The summed E-state index contributed by atoms with van der Waals surface area (Å²) >= 11 is 0. The minimum absolute atomic E-state index is 0.297. The summed E-state index contributed by atoms with van der Waals surface area (Å²) in [6.07, 6.45) is 5.96. The summed E-state index contributed by atoms with van der Waals surface area (Å²) in [5, 5.41) is 1.03. The van der Waals surface area contributed by atoms with E-state index in [2.05, 4.69) is 16.0 Å². The van der Waals surface area contributed by atoms with E-state index < -0.39 is 6.17 Å². The van der Waals surface area contributed by atoms with Crippen molar-refractivity contribution < 1.29 is 9.13 Å². The molecule has 2 N–H and O–H groups in total. The Morgan fingerprint density at radius 1 is 1.12 bits per heavy atom. The maximum Gasteiger partial charge on any atom is 0.140 e. The molecule has 1 saturated heterocycles. The Balaban J connectivity index is 1.36. The fraction of sp³-hybridized carbons (Fsp3) is 0.360. The van der Waals surface area contributed by atoms with E-state index in [1.165, 1.54) is 12.8 Å². The van der Waals surface area contributed by atoms with E-state index in [4.69, 9.17) is 15.5 Å². The topological polar surface area (TPSA) is 68.7 Å². The molecule has 1 aliphatic heterocycles. The second-order valence-corrected chi connectivity index (χ2v) is 8.95. The molecule has 1 aromatic carbocycles. The van der Waals surface area contributed by atoms with Gasteiger partial charge >= 0.3 is 0 Å². The van der Waals surface area contributed by atoms with Crippen LogP contribution in [0.4, 0.5) is 10.1 Å². The molecule has 4 aromatic rings. The van der Waals surface area contributed by atoms with Crippen molar-refractivity contribution in [2.45, 2.75) is 31.5 Å². The number of anilines is 1. The maximum absolute atomic E-state index is 14.3. The lowest BCUT2D eigenvalue weighted by atomic mass is 10.0. The van der Waals surface area contributed by atoms with Crippen LogP contribution in [0.2, 0.25) is 0 Å². The van der Waals surface area contributed by atoms with Crippen molar-refractivity contribution in [3.8, 4) is 17.1 Å². The van der Waals surface area contributed by atoms with Gasteiger partial charge in [-0.1, -0.05) is 18.2 Å². The number of alkyl halides is 1. The number of para-hydroxylation sites is 1. The SMILES string of the molecule is N[C@H]1CCN(c2cccc3ccc(-c4cnc5cc(OCC6CC6)ccn45)nc23)C[C@H]1F. The largest absolute Gasteiger partial charge is 0.493 e. The van der Waals surface area contributed by atoms with Gasteiger partial charge in [-0.25, -0.2) is 14.4 Å². The molecule has 2 fully saturated rings. The molecule has 6 rings (SSSR count). The van der Waals surface area contributed by atoms with E-state index in [0.717, 1.165) is 52.5 Å². The lowest BCUT2D eigenvalue weighted by Crippen LogP contribution is -2.48. The van der Waals surface area contributed by atoms with Gasteiger partial charge in [-0.05, 0) is 43.4 Å². The average molecular weight is 432 g/mol. The van der Waals surface area contributed by atoms with Crippen molar-refractivity contribution >= 4 is 22.2 Å². The molecule has 6 nitrogen and oxygen atoms in total. The molecule has 32 heavy (non-hydrogen) atoms. The highest BCUT2D eigenvalue weighted by Gasteiger charge is 2.27. The van der Waals surface area contributed by atoms with E-state index in [-0.39, 0.29) is 6.04 Å². The average Bonchev–Trinajstić information content (AvgIpc) is 3.56. The van der Waals surface area contributed by atoms with Gasteiger partial charge in [0, 0.05) is 30.2 Å². The van der Waals surface area contributed by atoms with Gasteiger partial charge in [0.1, 0.15) is 17.6 Å². The molecule has 0 radical (unpaired) electrons. The van der Waals surface area contributed by atoms with Crippen LogP contribution in [0.5, 0.6) is 5.75 Å². The third kappa shape index (κ3) is 3.56. The van der Waals surface area contributed by atoms with Crippen molar-refractivity contribution in [3.63, 3.8) is 0 Å². The number of ether oxygens (including phenoxy) is 1. The summed E-state index contributed by atoms with van der Waals surface area (Å²) in [6.45, 7) is 1.80. The molecule has 0 unspecified atom stereocenters. The van der Waals surface area contributed by atoms with Crippen LogP contribution in [0, 0.1) is 5.92 Å². The van der Waals surface area contributed by atoms with Crippen LogP contribution in [0.1, 0.15) is 19.3 Å². The molecule has 2 atom stereocenters. The quantitative estimate of drug-likeness (QED) is 0.513. The highest BCUT2D eigenvalue weighted by molar-refractivity contribution is 5.92. The highest BCUT2D eigenvalue weighted by Crippen LogP contribution is 2.32. The Hall–Kier alpha value is -3.19. The molecule has 1 aliphatic carbocycles. The van der Waals surface area contributed by atoms with Crippen molar-refractivity contribution in [1.82, 2.24) is 14.4 Å². The number of nitrogens with zero attached hydrogens (tertiary/aromatic N) is 4. The van der Waals surface area contributed by atoms with Crippen LogP contribution in [0.3, 0.4) is 0 Å². The third-order valence-electron chi connectivity index (χ3n) is 6.56. The first-order valence-corrected chi connectivity index (χ1v) is 11.3. The number of nitrogens with two attached hydrogens (primary N) is 1. The van der Waals surface area contributed by atoms with Gasteiger partial charge < -0.3 is 15.4 Å². The van der Waals surface area contributed by atoms with Crippen LogP contribution in [-0.2, 0) is 0 Å². The monoisotopic (exact) mass is 431 g/mol. The van der Waals surface area contributed by atoms with Crippen molar-refractivity contribution in [2.75, 3.05) is 24.6 Å². The molecular weight excluding hydrogens is 405 g/mol. The van der Waals surface area contributed by atoms with Gasteiger partial charge in [0.25, 0.3) is 0 Å². The van der Waals surface area contributed by atoms with Crippen LogP contribution in [0.15, 0.2) is 54.9 Å². The predicted octanol–water partition coefficient (Wildman–Crippen LogP) is 4.21. The Morgan fingerprint density at radius 2 is 2.03 bits per heavy atom. The molecule has 4 heterocycles. The van der Waals surface area contributed by atoms with Gasteiger partial charge in [0.2, 0.25) is 0 Å². The van der Waals surface area contributed by atoms with E-state index in [1.807, 2.05) is 53.2 Å². The summed E-state index contributed by atoms with van der Waals surface area (Å²) in [6, 6.07) is 13.7. The summed E-state index contributed by atoms with van der Waals surface area (Å²) in [4.78, 5) is 11.6. The first kappa shape index (κ1) is 19.5. The number of fused-ring (bicyclic) bond motifs is 2. The fourth-order valence-electron chi connectivity index (χ4n) is 4.41. The Labute approximate surface area is 185 Å². The third-order valence-corrected chi connectivity index (χ3v) is 6.56. The predicted molar refractivity (Wildman–Crippen MR) is 124 cm³/mol. The summed E-state index contributed by atoms with van der Waals surface area (Å²) < 4.78 is 22.2. The van der Waals surface area contributed by atoms with Crippen molar-refractivity contribution in [1.29, 1.82) is 0 Å². The number of imidazole rings is 1.